The molecule has 0 spiro atoms. The van der Waals surface area contributed by atoms with Gasteiger partial charge in [-0.1, -0.05) is 49.3 Å². The molecule has 0 bridgehead atoms. The first-order valence-corrected chi connectivity index (χ1v) is 8.85. The van der Waals surface area contributed by atoms with Crippen LogP contribution in [0.15, 0.2) is 34.9 Å². The Labute approximate surface area is 148 Å². The first kappa shape index (κ1) is 17.5. The van der Waals surface area contributed by atoms with E-state index in [4.69, 9.17) is 4.52 Å². The van der Waals surface area contributed by atoms with Crippen molar-refractivity contribution in [2.75, 3.05) is 18.4 Å². The summed E-state index contributed by atoms with van der Waals surface area (Å²) in [6.07, 6.45) is 0.696. The zero-order chi connectivity index (χ0) is 17.8. The van der Waals surface area contributed by atoms with Crippen LogP contribution in [0.1, 0.15) is 30.9 Å². The second-order valence-electron chi connectivity index (χ2n) is 6.78. The van der Waals surface area contributed by atoms with E-state index in [-0.39, 0.29) is 12.1 Å². The fourth-order valence-electron chi connectivity index (χ4n) is 3.36. The number of hydrogen-bond acceptors (Lipinski definition) is 4. The number of carbonyl (C=O) groups excluding carboxylic acids is 1. The summed E-state index contributed by atoms with van der Waals surface area (Å²) in [4.78, 5) is 14.8. The predicted octanol–water partition coefficient (Wildman–Crippen LogP) is 3.19. The number of benzene rings is 1. The molecule has 1 aliphatic heterocycles. The molecule has 0 saturated carbocycles. The highest BCUT2D eigenvalue weighted by atomic mass is 16.5. The van der Waals surface area contributed by atoms with Gasteiger partial charge in [-0.25, -0.2) is 4.79 Å². The number of amides is 2. The molecule has 134 valence electrons. The number of nitrogens with one attached hydrogen (secondary N) is 2. The molecule has 2 amide bonds. The van der Waals surface area contributed by atoms with Gasteiger partial charge in [0.25, 0.3) is 0 Å². The van der Waals surface area contributed by atoms with E-state index in [1.165, 1.54) is 5.56 Å². The standard InChI is InChI=1S/C19H26N4O2/c1-4-17-18(14(3)22-25-17)21-19(24)20-16-12-23(10-13(16)2)11-15-8-6-5-7-9-15/h5-9,13,16H,4,10-12H2,1-3H3,(H2,20,21,24)/t13-,16-/m0/s1. The van der Waals surface area contributed by atoms with E-state index < -0.39 is 0 Å². The molecule has 0 aliphatic carbocycles. The Morgan fingerprint density at radius 2 is 2.08 bits per heavy atom. The summed E-state index contributed by atoms with van der Waals surface area (Å²) in [6, 6.07) is 10.4. The number of aromatic nitrogens is 1. The van der Waals surface area contributed by atoms with Gasteiger partial charge in [0.1, 0.15) is 11.4 Å². The number of urea groups is 1. The quantitative estimate of drug-likeness (QED) is 0.875. The van der Waals surface area contributed by atoms with Crippen molar-refractivity contribution in [2.24, 2.45) is 5.92 Å². The number of carbonyl (C=O) groups is 1. The first-order chi connectivity index (χ1) is 12.1. The number of hydrogen-bond donors (Lipinski definition) is 2. The van der Waals surface area contributed by atoms with Crippen LogP contribution in [0.25, 0.3) is 0 Å². The van der Waals surface area contributed by atoms with Gasteiger partial charge in [-0.15, -0.1) is 0 Å². The normalized spacial score (nSPS) is 20.6. The van der Waals surface area contributed by atoms with Gasteiger partial charge in [-0.2, -0.15) is 0 Å². The van der Waals surface area contributed by atoms with Crippen molar-refractivity contribution in [3.63, 3.8) is 0 Å². The van der Waals surface area contributed by atoms with Crippen LogP contribution < -0.4 is 10.6 Å². The van der Waals surface area contributed by atoms with E-state index in [1.54, 1.807) is 0 Å². The fraction of sp³-hybridized carbons (Fsp3) is 0.474. The van der Waals surface area contributed by atoms with E-state index >= 15 is 0 Å². The highest BCUT2D eigenvalue weighted by Crippen LogP contribution is 2.22. The molecule has 1 aromatic carbocycles. The molecular weight excluding hydrogens is 316 g/mol. The number of anilines is 1. The summed E-state index contributed by atoms with van der Waals surface area (Å²) in [7, 11) is 0. The number of rotatable bonds is 5. The minimum atomic E-state index is -0.195. The maximum Gasteiger partial charge on any atom is 0.319 e. The molecule has 1 saturated heterocycles. The van der Waals surface area contributed by atoms with Crippen LogP contribution in [0.4, 0.5) is 10.5 Å². The lowest BCUT2D eigenvalue weighted by Gasteiger charge is -2.18. The number of likely N-dealkylation sites (tertiary alicyclic amines) is 1. The van der Waals surface area contributed by atoms with Crippen molar-refractivity contribution in [1.29, 1.82) is 0 Å². The van der Waals surface area contributed by atoms with Crippen molar-refractivity contribution >= 4 is 11.7 Å². The SMILES string of the molecule is CCc1onc(C)c1NC(=O)N[C@H]1CN(Cc2ccccc2)C[C@@H]1C. The van der Waals surface area contributed by atoms with Gasteiger partial charge in [-0.05, 0) is 18.4 Å². The van der Waals surface area contributed by atoms with Gasteiger partial charge in [0, 0.05) is 32.1 Å². The largest absolute Gasteiger partial charge is 0.359 e. The molecule has 6 heteroatoms. The van der Waals surface area contributed by atoms with E-state index in [9.17, 15) is 4.79 Å². The summed E-state index contributed by atoms with van der Waals surface area (Å²) in [6.45, 7) is 8.73. The molecule has 1 aliphatic rings. The van der Waals surface area contributed by atoms with Crippen molar-refractivity contribution in [2.45, 2.75) is 39.8 Å². The molecule has 0 unspecified atom stereocenters. The Hall–Kier alpha value is -2.34. The summed E-state index contributed by atoms with van der Waals surface area (Å²) in [5, 5.41) is 9.92. The topological polar surface area (TPSA) is 70.4 Å². The zero-order valence-electron chi connectivity index (χ0n) is 15.1. The van der Waals surface area contributed by atoms with Crippen molar-refractivity contribution < 1.29 is 9.32 Å². The monoisotopic (exact) mass is 342 g/mol. The van der Waals surface area contributed by atoms with Crippen LogP contribution in [0, 0.1) is 12.8 Å². The molecule has 2 N–H and O–H groups in total. The van der Waals surface area contributed by atoms with E-state index in [1.807, 2.05) is 19.9 Å². The molecule has 3 rings (SSSR count). The Kier molecular flexibility index (Phi) is 5.38. The van der Waals surface area contributed by atoms with Gasteiger partial charge in [0.2, 0.25) is 0 Å². The Morgan fingerprint density at radius 3 is 2.80 bits per heavy atom. The predicted molar refractivity (Wildman–Crippen MR) is 97.4 cm³/mol. The molecule has 25 heavy (non-hydrogen) atoms. The maximum atomic E-state index is 12.4. The van der Waals surface area contributed by atoms with E-state index in [0.717, 1.165) is 19.6 Å². The zero-order valence-corrected chi connectivity index (χ0v) is 15.1. The molecule has 2 aromatic rings. The molecule has 1 fully saturated rings. The minimum Gasteiger partial charge on any atom is -0.359 e. The third kappa shape index (κ3) is 4.20. The second kappa shape index (κ2) is 7.70. The van der Waals surface area contributed by atoms with Crippen LogP contribution >= 0.6 is 0 Å². The lowest BCUT2D eigenvalue weighted by molar-refractivity contribution is 0.246. The van der Waals surface area contributed by atoms with Crippen LogP contribution in [0.5, 0.6) is 0 Å². The summed E-state index contributed by atoms with van der Waals surface area (Å²) in [5.74, 6) is 1.11. The third-order valence-corrected chi connectivity index (χ3v) is 4.75. The van der Waals surface area contributed by atoms with Crippen LogP contribution in [-0.4, -0.2) is 35.2 Å². The smallest absolute Gasteiger partial charge is 0.319 e. The summed E-state index contributed by atoms with van der Waals surface area (Å²) < 4.78 is 5.22. The van der Waals surface area contributed by atoms with Gasteiger partial charge in [0.15, 0.2) is 5.76 Å². The van der Waals surface area contributed by atoms with Gasteiger partial charge < -0.3 is 15.2 Å². The summed E-state index contributed by atoms with van der Waals surface area (Å²) in [5.41, 5.74) is 2.69. The van der Waals surface area contributed by atoms with Crippen LogP contribution in [0.2, 0.25) is 0 Å². The minimum absolute atomic E-state index is 0.133. The molecule has 2 heterocycles. The fourth-order valence-corrected chi connectivity index (χ4v) is 3.36. The van der Waals surface area contributed by atoms with Crippen molar-refractivity contribution in [3.05, 3.63) is 47.3 Å². The number of aryl methyl sites for hydroxylation is 2. The summed E-state index contributed by atoms with van der Waals surface area (Å²) >= 11 is 0. The Morgan fingerprint density at radius 1 is 1.32 bits per heavy atom. The lowest BCUT2D eigenvalue weighted by atomic mass is 10.1. The molecule has 0 radical (unpaired) electrons. The van der Waals surface area contributed by atoms with Crippen molar-refractivity contribution in [1.82, 2.24) is 15.4 Å². The Bertz CT molecular complexity index is 713. The molecule has 1 aromatic heterocycles. The van der Waals surface area contributed by atoms with Gasteiger partial charge in [-0.3, -0.25) is 4.90 Å². The van der Waals surface area contributed by atoms with Crippen LogP contribution in [0.3, 0.4) is 0 Å². The third-order valence-electron chi connectivity index (χ3n) is 4.75. The maximum absolute atomic E-state index is 12.4. The average Bonchev–Trinajstić information content (AvgIpc) is 3.11. The van der Waals surface area contributed by atoms with E-state index in [0.29, 0.717) is 29.5 Å². The van der Waals surface area contributed by atoms with Gasteiger partial charge in [0.05, 0.1) is 0 Å². The van der Waals surface area contributed by atoms with Gasteiger partial charge >= 0.3 is 6.03 Å². The molecule has 6 nitrogen and oxygen atoms in total. The highest BCUT2D eigenvalue weighted by Gasteiger charge is 2.31. The van der Waals surface area contributed by atoms with Crippen LogP contribution in [-0.2, 0) is 13.0 Å². The molecule has 2 atom stereocenters. The molecular formula is C19H26N4O2. The average molecular weight is 342 g/mol. The number of nitrogens with zero attached hydrogens (tertiary/aromatic N) is 2. The lowest BCUT2D eigenvalue weighted by Crippen LogP contribution is -2.42. The van der Waals surface area contributed by atoms with Crippen molar-refractivity contribution in [3.8, 4) is 0 Å². The first-order valence-electron chi connectivity index (χ1n) is 8.85. The Balaban J connectivity index is 1.55. The van der Waals surface area contributed by atoms with E-state index in [2.05, 4.69) is 51.9 Å². The highest BCUT2D eigenvalue weighted by molar-refractivity contribution is 5.90. The second-order valence-corrected chi connectivity index (χ2v) is 6.78.